The highest BCUT2D eigenvalue weighted by Gasteiger charge is 2.06. The molecule has 0 aliphatic carbocycles. The fourth-order valence-electron chi connectivity index (χ4n) is 1.38. The molecule has 0 aliphatic rings. The lowest BCUT2D eigenvalue weighted by molar-refractivity contribution is 0.318. The van der Waals surface area contributed by atoms with E-state index in [1.165, 1.54) is 4.21 Å². The van der Waals surface area contributed by atoms with E-state index in [9.17, 15) is 0 Å². The Morgan fingerprint density at radius 3 is 2.89 bits per heavy atom. The van der Waals surface area contributed by atoms with Gasteiger partial charge >= 0.3 is 0 Å². The lowest BCUT2D eigenvalue weighted by atomic mass is 10.1. The number of nitrogens with zero attached hydrogens (tertiary/aromatic N) is 1. The molecule has 2 aromatic rings. The third-order valence-electron chi connectivity index (χ3n) is 2.32. The van der Waals surface area contributed by atoms with Crippen molar-refractivity contribution in [2.45, 2.75) is 9.96 Å². The fraction of sp³-hybridized carbons (Fsp3) is 0.0833. The van der Waals surface area contributed by atoms with Gasteiger partial charge in [0.25, 0.3) is 0 Å². The molecule has 3 N–H and O–H groups in total. The molecular formula is C12H11ClN2OS2. The Labute approximate surface area is 118 Å². The van der Waals surface area contributed by atoms with E-state index in [0.29, 0.717) is 10.6 Å². The van der Waals surface area contributed by atoms with Gasteiger partial charge in [-0.15, -0.1) is 23.1 Å². The van der Waals surface area contributed by atoms with Gasteiger partial charge in [0.05, 0.1) is 4.21 Å². The van der Waals surface area contributed by atoms with Crippen molar-refractivity contribution in [1.82, 2.24) is 0 Å². The van der Waals surface area contributed by atoms with Gasteiger partial charge in [0.15, 0.2) is 5.84 Å². The van der Waals surface area contributed by atoms with Crippen LogP contribution in [-0.4, -0.2) is 11.0 Å². The molecule has 0 fully saturated rings. The second-order valence-corrected chi connectivity index (χ2v) is 6.14. The summed E-state index contributed by atoms with van der Waals surface area (Å²) < 4.78 is 1.26. The largest absolute Gasteiger partial charge is 0.409 e. The number of oxime groups is 1. The van der Waals surface area contributed by atoms with Crippen LogP contribution in [0.1, 0.15) is 11.1 Å². The Kier molecular flexibility index (Phi) is 4.52. The van der Waals surface area contributed by atoms with E-state index < -0.39 is 0 Å². The minimum atomic E-state index is 0.0642. The number of benzene rings is 1. The van der Waals surface area contributed by atoms with Gasteiger partial charge in [-0.3, -0.25) is 0 Å². The molecule has 0 spiro atoms. The number of thioether (sulfide) groups is 1. The molecule has 3 nitrogen and oxygen atoms in total. The summed E-state index contributed by atoms with van der Waals surface area (Å²) in [6.45, 7) is 0. The van der Waals surface area contributed by atoms with E-state index in [-0.39, 0.29) is 5.84 Å². The van der Waals surface area contributed by atoms with Crippen molar-refractivity contribution >= 4 is 40.5 Å². The van der Waals surface area contributed by atoms with E-state index in [2.05, 4.69) is 11.2 Å². The second kappa shape index (κ2) is 6.13. The average molecular weight is 299 g/mol. The van der Waals surface area contributed by atoms with Gasteiger partial charge in [-0.2, -0.15) is 0 Å². The van der Waals surface area contributed by atoms with Crippen LogP contribution < -0.4 is 5.73 Å². The van der Waals surface area contributed by atoms with Gasteiger partial charge in [-0.25, -0.2) is 0 Å². The highest BCUT2D eigenvalue weighted by Crippen LogP contribution is 2.30. The number of nitrogens with two attached hydrogens (primary N) is 1. The zero-order valence-corrected chi connectivity index (χ0v) is 11.7. The molecule has 0 amide bonds. The normalized spacial score (nSPS) is 11.7. The fourth-order valence-corrected chi connectivity index (χ4v) is 3.49. The molecule has 0 unspecified atom stereocenters. The quantitative estimate of drug-likeness (QED) is 0.297. The Morgan fingerprint density at radius 1 is 1.44 bits per heavy atom. The molecule has 0 atom stereocenters. The lowest BCUT2D eigenvalue weighted by Gasteiger charge is -2.05. The van der Waals surface area contributed by atoms with Crippen LogP contribution in [0.3, 0.4) is 0 Å². The topological polar surface area (TPSA) is 58.6 Å². The summed E-state index contributed by atoms with van der Waals surface area (Å²) in [6.07, 6.45) is 0. The van der Waals surface area contributed by atoms with Crippen LogP contribution in [0, 0.1) is 0 Å². The highest BCUT2D eigenvalue weighted by molar-refractivity contribution is 8.00. The maximum atomic E-state index is 8.59. The van der Waals surface area contributed by atoms with E-state index in [0.717, 1.165) is 11.3 Å². The van der Waals surface area contributed by atoms with Crippen LogP contribution in [-0.2, 0) is 5.75 Å². The van der Waals surface area contributed by atoms with Crippen molar-refractivity contribution in [3.63, 3.8) is 0 Å². The monoisotopic (exact) mass is 298 g/mol. The molecular weight excluding hydrogens is 288 g/mol. The van der Waals surface area contributed by atoms with Crippen molar-refractivity contribution in [2.75, 3.05) is 0 Å². The van der Waals surface area contributed by atoms with Crippen LogP contribution in [0.2, 0.25) is 5.02 Å². The summed E-state index contributed by atoms with van der Waals surface area (Å²) >= 11 is 9.61. The Bertz CT molecular complexity index is 555. The molecule has 6 heteroatoms. The van der Waals surface area contributed by atoms with Crippen LogP contribution in [0.15, 0.2) is 45.1 Å². The zero-order chi connectivity index (χ0) is 13.0. The maximum Gasteiger partial charge on any atom is 0.170 e. The van der Waals surface area contributed by atoms with Gasteiger partial charge in [0, 0.05) is 16.3 Å². The molecule has 0 radical (unpaired) electrons. The molecule has 1 heterocycles. The summed E-state index contributed by atoms with van der Waals surface area (Å²) in [5, 5.41) is 14.2. The van der Waals surface area contributed by atoms with Crippen molar-refractivity contribution < 1.29 is 5.21 Å². The lowest BCUT2D eigenvalue weighted by Crippen LogP contribution is -2.12. The first-order valence-electron chi connectivity index (χ1n) is 5.13. The third-order valence-corrected chi connectivity index (χ3v) is 4.85. The summed E-state index contributed by atoms with van der Waals surface area (Å²) in [4.78, 5) is 0. The van der Waals surface area contributed by atoms with Crippen LogP contribution in [0.25, 0.3) is 0 Å². The van der Waals surface area contributed by atoms with Gasteiger partial charge in [-0.05, 0) is 23.1 Å². The number of thiophene rings is 1. The van der Waals surface area contributed by atoms with Gasteiger partial charge in [0.1, 0.15) is 0 Å². The average Bonchev–Trinajstić information content (AvgIpc) is 2.89. The maximum absolute atomic E-state index is 8.59. The number of amidine groups is 1. The van der Waals surface area contributed by atoms with Crippen LogP contribution >= 0.6 is 34.7 Å². The van der Waals surface area contributed by atoms with Gasteiger partial charge in [-0.1, -0.05) is 35.0 Å². The first-order valence-corrected chi connectivity index (χ1v) is 7.37. The SMILES string of the molecule is N/C(=N/O)c1ccc(CSc2cccs2)c(Cl)c1. The number of hydrogen-bond donors (Lipinski definition) is 2. The third kappa shape index (κ3) is 3.19. The molecule has 2 rings (SSSR count). The highest BCUT2D eigenvalue weighted by atomic mass is 35.5. The van der Waals surface area contributed by atoms with Gasteiger partial charge in [0.2, 0.25) is 0 Å². The van der Waals surface area contributed by atoms with Crippen LogP contribution in [0.4, 0.5) is 0 Å². The number of hydrogen-bond acceptors (Lipinski definition) is 4. The molecule has 1 aromatic carbocycles. The molecule has 0 saturated carbocycles. The molecule has 94 valence electrons. The molecule has 18 heavy (non-hydrogen) atoms. The Hall–Kier alpha value is -1.17. The van der Waals surface area contributed by atoms with E-state index in [1.807, 2.05) is 17.5 Å². The van der Waals surface area contributed by atoms with Crippen molar-refractivity contribution in [3.05, 3.63) is 51.9 Å². The van der Waals surface area contributed by atoms with Gasteiger partial charge < -0.3 is 10.9 Å². The second-order valence-electron chi connectivity index (χ2n) is 3.51. The summed E-state index contributed by atoms with van der Waals surface area (Å²) in [6, 6.07) is 9.51. The Balaban J connectivity index is 2.10. The first-order chi connectivity index (χ1) is 8.70. The predicted octanol–water partition coefficient (Wildman–Crippen LogP) is 3.79. The molecule has 1 aromatic heterocycles. The summed E-state index contributed by atoms with van der Waals surface area (Å²) in [7, 11) is 0. The van der Waals surface area contributed by atoms with Crippen LogP contribution in [0.5, 0.6) is 0 Å². The van der Waals surface area contributed by atoms with E-state index in [4.69, 9.17) is 22.5 Å². The molecule has 0 bridgehead atoms. The molecule has 0 saturated heterocycles. The minimum absolute atomic E-state index is 0.0642. The summed E-state index contributed by atoms with van der Waals surface area (Å²) in [5.41, 5.74) is 7.15. The molecule has 0 aliphatic heterocycles. The minimum Gasteiger partial charge on any atom is -0.409 e. The first kappa shape index (κ1) is 13.3. The smallest absolute Gasteiger partial charge is 0.170 e. The standard InChI is InChI=1S/C12H11ClN2OS2/c13-10-6-8(12(14)15-16)3-4-9(10)7-18-11-2-1-5-17-11/h1-6,16H,7H2,(H2,14,15). The van der Waals surface area contributed by atoms with E-state index >= 15 is 0 Å². The Morgan fingerprint density at radius 2 is 2.28 bits per heavy atom. The van der Waals surface area contributed by atoms with Crippen molar-refractivity contribution in [2.24, 2.45) is 10.9 Å². The summed E-state index contributed by atoms with van der Waals surface area (Å²) in [5.74, 6) is 0.866. The van der Waals surface area contributed by atoms with E-state index in [1.54, 1.807) is 35.2 Å². The predicted molar refractivity (Wildman–Crippen MR) is 77.8 cm³/mol. The zero-order valence-electron chi connectivity index (χ0n) is 9.34. The van der Waals surface area contributed by atoms with Crippen molar-refractivity contribution in [3.8, 4) is 0 Å². The van der Waals surface area contributed by atoms with Crippen molar-refractivity contribution in [1.29, 1.82) is 0 Å². The number of halogens is 1. The number of rotatable bonds is 4.